The zero-order valence-corrected chi connectivity index (χ0v) is 20.2. The third-order valence-electron chi connectivity index (χ3n) is 6.25. The maximum atomic E-state index is 13.7. The number of imidazole rings is 1. The molecule has 2 heterocycles. The molecule has 0 atom stereocenters. The molecule has 12 heteroatoms. The Kier molecular flexibility index (Phi) is 6.16. The van der Waals surface area contributed by atoms with Crippen LogP contribution in [-0.4, -0.2) is 41.3 Å². The van der Waals surface area contributed by atoms with Crippen molar-refractivity contribution in [2.45, 2.75) is 24.0 Å². The summed E-state index contributed by atoms with van der Waals surface area (Å²) in [5.74, 6) is -0.445. The highest BCUT2D eigenvalue weighted by atomic mass is 32.2. The minimum atomic E-state index is -4.54. The molecule has 3 aromatic carbocycles. The van der Waals surface area contributed by atoms with Crippen molar-refractivity contribution >= 4 is 38.6 Å². The minimum Gasteiger partial charge on any atom is -0.366 e. The predicted molar refractivity (Wildman–Crippen MR) is 132 cm³/mol. The molecule has 0 spiro atoms. The van der Waals surface area contributed by atoms with Crippen molar-refractivity contribution in [2.75, 3.05) is 18.4 Å². The third-order valence-corrected chi connectivity index (χ3v) is 8.16. The number of benzene rings is 3. The number of hydrogen-bond donors (Lipinski definition) is 2. The Balaban J connectivity index is 1.54. The van der Waals surface area contributed by atoms with Gasteiger partial charge < -0.3 is 15.6 Å². The van der Waals surface area contributed by atoms with Crippen LogP contribution in [0.4, 0.5) is 24.8 Å². The molecule has 1 amide bonds. The van der Waals surface area contributed by atoms with Crippen LogP contribution >= 0.6 is 0 Å². The summed E-state index contributed by atoms with van der Waals surface area (Å²) in [7, 11) is -3.56. The van der Waals surface area contributed by atoms with Crippen LogP contribution in [0.25, 0.3) is 11.0 Å². The molecular weight excluding hydrogens is 507 g/mol. The van der Waals surface area contributed by atoms with Crippen molar-refractivity contribution in [1.82, 2.24) is 13.9 Å². The molecule has 3 N–H and O–H groups in total. The monoisotopic (exact) mass is 529 g/mol. The normalized spacial score (nSPS) is 14.5. The highest BCUT2D eigenvalue weighted by Crippen LogP contribution is 2.34. The van der Waals surface area contributed by atoms with E-state index in [2.05, 4.69) is 10.3 Å². The third kappa shape index (κ3) is 4.77. The molecule has 1 aliphatic heterocycles. The first-order valence-electron chi connectivity index (χ1n) is 11.4. The van der Waals surface area contributed by atoms with Crippen LogP contribution in [0, 0.1) is 0 Å². The maximum absolute atomic E-state index is 13.7. The van der Waals surface area contributed by atoms with Crippen LogP contribution in [0.15, 0.2) is 71.6 Å². The van der Waals surface area contributed by atoms with Gasteiger partial charge in [-0.05, 0) is 60.5 Å². The first-order valence-corrected chi connectivity index (χ1v) is 12.8. The number of alkyl halides is 3. The van der Waals surface area contributed by atoms with E-state index in [1.165, 1.54) is 46.8 Å². The summed E-state index contributed by atoms with van der Waals surface area (Å²) < 4.78 is 69.2. The standard InChI is InChI=1S/C25H22F3N5O3S/c26-25(27,28)20-5-2-1-4-17(20)15-33-22-11-6-16(23(29)34)14-21(22)31-24(33)30-18-7-9-19(10-8-18)37(35,36)32-12-3-13-32/h1-2,4-11,14H,3,12-13,15H2,(H2,29,34)(H,30,31). The van der Waals surface area contributed by atoms with E-state index in [0.29, 0.717) is 29.8 Å². The number of hydrogen-bond acceptors (Lipinski definition) is 5. The maximum Gasteiger partial charge on any atom is 0.416 e. The zero-order valence-electron chi connectivity index (χ0n) is 19.4. The molecule has 0 unspecified atom stereocenters. The number of nitrogens with two attached hydrogens (primary N) is 1. The number of primary amides is 1. The molecule has 5 rings (SSSR count). The number of amides is 1. The van der Waals surface area contributed by atoms with Gasteiger partial charge in [-0.3, -0.25) is 4.79 Å². The number of rotatable bonds is 7. The molecular formula is C25H22F3N5O3S. The second kappa shape index (κ2) is 9.20. The second-order valence-corrected chi connectivity index (χ2v) is 10.6. The van der Waals surface area contributed by atoms with Crippen LogP contribution in [0.2, 0.25) is 0 Å². The Morgan fingerprint density at radius 2 is 1.73 bits per heavy atom. The van der Waals surface area contributed by atoms with Crippen molar-refractivity contribution in [1.29, 1.82) is 0 Å². The lowest BCUT2D eigenvalue weighted by Crippen LogP contribution is -2.41. The Labute approximate surface area is 210 Å². The van der Waals surface area contributed by atoms with Crippen LogP contribution in [0.5, 0.6) is 0 Å². The minimum absolute atomic E-state index is 0.0346. The predicted octanol–water partition coefficient (Wildman–Crippen LogP) is 4.34. The van der Waals surface area contributed by atoms with E-state index in [4.69, 9.17) is 5.73 Å². The molecule has 192 valence electrons. The SMILES string of the molecule is NC(=O)c1ccc2c(c1)nc(Nc1ccc(S(=O)(=O)N3CCC3)cc1)n2Cc1ccccc1C(F)(F)F. The molecule has 8 nitrogen and oxygen atoms in total. The molecule has 1 fully saturated rings. The molecule has 4 aromatic rings. The smallest absolute Gasteiger partial charge is 0.366 e. The summed E-state index contributed by atoms with van der Waals surface area (Å²) in [5.41, 5.74) is 6.19. The molecule has 1 aliphatic rings. The Hall–Kier alpha value is -3.90. The summed E-state index contributed by atoms with van der Waals surface area (Å²) in [6.07, 6.45) is -3.72. The number of nitrogens with zero attached hydrogens (tertiary/aromatic N) is 3. The van der Waals surface area contributed by atoms with E-state index in [1.54, 1.807) is 22.8 Å². The van der Waals surface area contributed by atoms with Gasteiger partial charge in [0.1, 0.15) is 0 Å². The number of aromatic nitrogens is 2. The lowest BCUT2D eigenvalue weighted by molar-refractivity contribution is -0.138. The Bertz CT molecular complexity index is 1590. The first kappa shape index (κ1) is 24.8. The molecule has 0 aliphatic carbocycles. The van der Waals surface area contributed by atoms with Gasteiger partial charge in [0, 0.05) is 24.3 Å². The number of nitrogens with one attached hydrogen (secondary N) is 1. The zero-order chi connectivity index (χ0) is 26.4. The van der Waals surface area contributed by atoms with E-state index in [0.717, 1.165) is 12.5 Å². The molecule has 37 heavy (non-hydrogen) atoms. The van der Waals surface area contributed by atoms with E-state index in [-0.39, 0.29) is 28.5 Å². The van der Waals surface area contributed by atoms with Crippen molar-refractivity contribution in [3.63, 3.8) is 0 Å². The molecule has 1 aromatic heterocycles. The van der Waals surface area contributed by atoms with Crippen molar-refractivity contribution in [2.24, 2.45) is 5.73 Å². The number of carbonyl (C=O) groups excluding carboxylic acids is 1. The number of sulfonamides is 1. The fraction of sp³-hybridized carbons (Fsp3) is 0.200. The van der Waals surface area contributed by atoms with Crippen LogP contribution in [0.3, 0.4) is 0 Å². The van der Waals surface area contributed by atoms with E-state index < -0.39 is 27.7 Å². The summed E-state index contributed by atoms with van der Waals surface area (Å²) >= 11 is 0. The van der Waals surface area contributed by atoms with Gasteiger partial charge in [-0.2, -0.15) is 17.5 Å². The number of carbonyl (C=O) groups is 1. The van der Waals surface area contributed by atoms with Gasteiger partial charge in [0.15, 0.2) is 0 Å². The highest BCUT2D eigenvalue weighted by molar-refractivity contribution is 7.89. The van der Waals surface area contributed by atoms with E-state index >= 15 is 0 Å². The summed E-state index contributed by atoms with van der Waals surface area (Å²) in [6.45, 7) is 0.809. The quantitative estimate of drug-likeness (QED) is 0.370. The van der Waals surface area contributed by atoms with Gasteiger partial charge in [-0.1, -0.05) is 18.2 Å². The lowest BCUT2D eigenvalue weighted by Gasteiger charge is -2.29. The van der Waals surface area contributed by atoms with Gasteiger partial charge in [-0.25, -0.2) is 13.4 Å². The average Bonchev–Trinajstić information content (AvgIpc) is 3.13. The van der Waals surface area contributed by atoms with Crippen molar-refractivity contribution in [3.8, 4) is 0 Å². The topological polar surface area (TPSA) is 110 Å². The van der Waals surface area contributed by atoms with Crippen LogP contribution < -0.4 is 11.1 Å². The second-order valence-electron chi connectivity index (χ2n) is 8.65. The first-order chi connectivity index (χ1) is 17.5. The van der Waals surface area contributed by atoms with Crippen LogP contribution in [-0.2, 0) is 22.7 Å². The largest absolute Gasteiger partial charge is 0.416 e. The number of halogens is 3. The van der Waals surface area contributed by atoms with Crippen molar-refractivity contribution in [3.05, 3.63) is 83.4 Å². The molecule has 1 saturated heterocycles. The van der Waals surface area contributed by atoms with Crippen LogP contribution in [0.1, 0.15) is 27.9 Å². The van der Waals surface area contributed by atoms with E-state index in [1.807, 2.05) is 0 Å². The lowest BCUT2D eigenvalue weighted by atomic mass is 10.1. The Morgan fingerprint density at radius 3 is 2.35 bits per heavy atom. The average molecular weight is 530 g/mol. The highest BCUT2D eigenvalue weighted by Gasteiger charge is 2.33. The van der Waals surface area contributed by atoms with Gasteiger partial charge in [-0.15, -0.1) is 0 Å². The summed E-state index contributed by atoms with van der Waals surface area (Å²) in [4.78, 5) is 16.3. The number of fused-ring (bicyclic) bond motifs is 1. The Morgan fingerprint density at radius 1 is 1.03 bits per heavy atom. The van der Waals surface area contributed by atoms with Crippen molar-refractivity contribution < 1.29 is 26.4 Å². The molecule has 0 radical (unpaired) electrons. The number of anilines is 2. The molecule has 0 bridgehead atoms. The van der Waals surface area contributed by atoms with Gasteiger partial charge in [0.05, 0.1) is 28.0 Å². The summed E-state index contributed by atoms with van der Waals surface area (Å²) in [5, 5.41) is 3.07. The molecule has 0 saturated carbocycles. The van der Waals surface area contributed by atoms with Gasteiger partial charge in [0.25, 0.3) is 0 Å². The summed E-state index contributed by atoms with van der Waals surface area (Å²) in [6, 6.07) is 15.9. The van der Waals surface area contributed by atoms with E-state index in [9.17, 15) is 26.4 Å². The van der Waals surface area contributed by atoms with Gasteiger partial charge >= 0.3 is 6.18 Å². The fourth-order valence-electron chi connectivity index (χ4n) is 4.16. The fourth-order valence-corrected chi connectivity index (χ4v) is 5.68. The van der Waals surface area contributed by atoms with Gasteiger partial charge in [0.2, 0.25) is 21.9 Å².